The van der Waals surface area contributed by atoms with Gasteiger partial charge in [-0.3, -0.25) is 0 Å². The first kappa shape index (κ1) is 18.6. The molecule has 0 saturated heterocycles. The fourth-order valence-corrected chi connectivity index (χ4v) is 4.56. The van der Waals surface area contributed by atoms with Crippen molar-refractivity contribution >= 4 is 43.3 Å². The predicted octanol–water partition coefficient (Wildman–Crippen LogP) is 5.02. The number of nitrogens with one attached hydrogen (secondary N) is 1. The van der Waals surface area contributed by atoms with Crippen LogP contribution in [0.5, 0.6) is 0 Å². The Labute approximate surface area is 164 Å². The zero-order valence-corrected chi connectivity index (χ0v) is 16.1. The van der Waals surface area contributed by atoms with Crippen LogP contribution < -0.4 is 4.83 Å². The van der Waals surface area contributed by atoms with Crippen molar-refractivity contribution in [2.45, 2.75) is 18.2 Å². The van der Waals surface area contributed by atoms with E-state index >= 15 is 0 Å². The van der Waals surface area contributed by atoms with Crippen LogP contribution in [0.15, 0.2) is 59.6 Å². The van der Waals surface area contributed by atoms with Crippen molar-refractivity contribution in [1.82, 2.24) is 9.89 Å². The van der Waals surface area contributed by atoms with E-state index in [0.717, 1.165) is 44.7 Å². The number of aromatic nitrogens is 2. The molecular weight excluding hydrogens is 408 g/mol. The van der Waals surface area contributed by atoms with E-state index in [1.807, 2.05) is 37.3 Å². The van der Waals surface area contributed by atoms with Crippen LogP contribution in [-0.2, 0) is 10.0 Å². The molecule has 3 aromatic carbocycles. The number of rotatable bonds is 4. The highest BCUT2D eigenvalue weighted by molar-refractivity contribution is 7.92. The maximum atomic E-state index is 13.0. The van der Waals surface area contributed by atoms with Crippen LogP contribution in [0.1, 0.15) is 17.6 Å². The topological polar surface area (TPSA) is 64.0 Å². The smallest absolute Gasteiger partial charge is 0.205 e. The minimum atomic E-state index is -4.25. The van der Waals surface area contributed by atoms with Crippen molar-refractivity contribution in [3.8, 4) is 0 Å². The Bertz CT molecular complexity index is 1320. The molecule has 9 heteroatoms. The third kappa shape index (κ3) is 3.18. The summed E-state index contributed by atoms with van der Waals surface area (Å²) in [7, 11) is -4.25. The van der Waals surface area contributed by atoms with E-state index in [2.05, 4.69) is 9.93 Å². The minimum absolute atomic E-state index is 0.158. The van der Waals surface area contributed by atoms with Crippen LogP contribution in [0.25, 0.3) is 21.7 Å². The van der Waals surface area contributed by atoms with E-state index in [1.165, 1.54) is 6.20 Å². The molecule has 0 bridgehead atoms. The van der Waals surface area contributed by atoms with Crippen molar-refractivity contribution in [3.63, 3.8) is 0 Å². The molecule has 0 spiro atoms. The summed E-state index contributed by atoms with van der Waals surface area (Å²) < 4.78 is 51.6. The summed E-state index contributed by atoms with van der Waals surface area (Å²) in [6, 6.07) is 12.6. The summed E-state index contributed by atoms with van der Waals surface area (Å²) in [6.45, 7) is 1.96. The van der Waals surface area contributed by atoms with Crippen molar-refractivity contribution in [1.29, 1.82) is 0 Å². The minimum Gasteiger partial charge on any atom is -0.205 e. The molecule has 0 aliphatic carbocycles. The Balaban J connectivity index is 1.85. The van der Waals surface area contributed by atoms with Crippen molar-refractivity contribution < 1.29 is 17.2 Å². The monoisotopic (exact) mass is 421 g/mol. The van der Waals surface area contributed by atoms with Gasteiger partial charge in [-0.1, -0.05) is 53.6 Å². The number of sulfonamides is 1. The Kier molecular flexibility index (Phi) is 4.47. The number of benzene rings is 3. The fourth-order valence-electron chi connectivity index (χ4n) is 3.06. The number of hydrogen-bond acceptors (Lipinski definition) is 3. The molecule has 4 aromatic rings. The summed E-state index contributed by atoms with van der Waals surface area (Å²) in [5, 5.41) is 6.39. The summed E-state index contributed by atoms with van der Waals surface area (Å²) in [5.41, 5.74) is 1.19. The zero-order chi connectivity index (χ0) is 20.1. The van der Waals surface area contributed by atoms with Gasteiger partial charge in [-0.15, -0.1) is 0 Å². The zero-order valence-electron chi connectivity index (χ0n) is 14.5. The molecule has 1 aromatic heterocycles. The summed E-state index contributed by atoms with van der Waals surface area (Å²) in [5.74, 6) is 0. The quantitative estimate of drug-likeness (QED) is 0.503. The maximum Gasteiger partial charge on any atom is 0.278 e. The van der Waals surface area contributed by atoms with Crippen LogP contribution in [-0.4, -0.2) is 18.3 Å². The maximum absolute atomic E-state index is 13.0. The van der Waals surface area contributed by atoms with Crippen LogP contribution in [0.2, 0.25) is 5.02 Å². The van der Waals surface area contributed by atoms with Crippen LogP contribution in [0.3, 0.4) is 0 Å². The third-order valence-electron chi connectivity index (χ3n) is 4.41. The fraction of sp³-hybridized carbons (Fsp3) is 0.105. The standard InChI is InChI=1S/C19H14ClF2N3O2S/c1-11-2-6-15-12(8-11)3-4-14-10-23-25(18(14)15)24-28(26,27)17-9-13(19(21)22)5-7-16(17)20/h2-10,19,24H,1H3. The van der Waals surface area contributed by atoms with E-state index in [9.17, 15) is 17.2 Å². The molecule has 0 saturated carbocycles. The van der Waals surface area contributed by atoms with Gasteiger partial charge < -0.3 is 0 Å². The summed E-state index contributed by atoms with van der Waals surface area (Å²) in [6.07, 6.45) is -1.29. The van der Waals surface area contributed by atoms with Gasteiger partial charge in [-0.25, -0.2) is 8.78 Å². The highest BCUT2D eigenvalue weighted by atomic mass is 35.5. The molecule has 0 atom stereocenters. The van der Waals surface area contributed by atoms with Crippen molar-refractivity contribution in [2.75, 3.05) is 4.83 Å². The molecule has 28 heavy (non-hydrogen) atoms. The number of nitrogens with zero attached hydrogens (tertiary/aromatic N) is 2. The van der Waals surface area contributed by atoms with E-state index in [4.69, 9.17) is 11.6 Å². The molecule has 0 aliphatic rings. The molecule has 0 fully saturated rings. The van der Waals surface area contributed by atoms with Gasteiger partial charge in [0.05, 0.1) is 11.2 Å². The van der Waals surface area contributed by atoms with Crippen LogP contribution in [0.4, 0.5) is 8.78 Å². The Morgan fingerprint density at radius 1 is 1.07 bits per heavy atom. The third-order valence-corrected chi connectivity index (χ3v) is 6.18. The van der Waals surface area contributed by atoms with Gasteiger partial charge in [0, 0.05) is 16.3 Å². The SMILES string of the molecule is Cc1ccc2c(ccc3cnn(NS(=O)(=O)c4cc(C(F)F)ccc4Cl)c32)c1. The molecule has 5 nitrogen and oxygen atoms in total. The first-order valence-electron chi connectivity index (χ1n) is 8.24. The number of aryl methyl sites for hydroxylation is 1. The lowest BCUT2D eigenvalue weighted by atomic mass is 10.1. The van der Waals surface area contributed by atoms with Gasteiger partial charge >= 0.3 is 0 Å². The molecule has 1 heterocycles. The first-order valence-corrected chi connectivity index (χ1v) is 10.1. The molecular formula is C19H14ClF2N3O2S. The van der Waals surface area contributed by atoms with E-state index < -0.39 is 26.9 Å². The average Bonchev–Trinajstić information content (AvgIpc) is 3.04. The highest BCUT2D eigenvalue weighted by Gasteiger charge is 2.22. The predicted molar refractivity (Wildman–Crippen MR) is 105 cm³/mol. The molecule has 144 valence electrons. The van der Waals surface area contributed by atoms with Gasteiger partial charge in [0.2, 0.25) is 0 Å². The van der Waals surface area contributed by atoms with Crippen molar-refractivity contribution in [2.24, 2.45) is 0 Å². The molecule has 1 N–H and O–H groups in total. The molecule has 0 amide bonds. The number of halogens is 3. The second kappa shape index (κ2) is 6.72. The van der Waals surface area contributed by atoms with Gasteiger partial charge in [-0.2, -0.15) is 23.1 Å². The second-order valence-corrected chi connectivity index (χ2v) is 8.41. The Hall–Kier alpha value is -2.71. The van der Waals surface area contributed by atoms with Gasteiger partial charge in [0.25, 0.3) is 16.4 Å². The number of fused-ring (bicyclic) bond motifs is 3. The molecule has 4 rings (SSSR count). The number of alkyl halides is 2. The lowest BCUT2D eigenvalue weighted by molar-refractivity contribution is 0.151. The lowest BCUT2D eigenvalue weighted by Gasteiger charge is -2.12. The van der Waals surface area contributed by atoms with Gasteiger partial charge in [0.15, 0.2) is 0 Å². The first-order chi connectivity index (χ1) is 13.3. The van der Waals surface area contributed by atoms with Crippen LogP contribution in [0, 0.1) is 6.92 Å². The van der Waals surface area contributed by atoms with E-state index in [0.29, 0.717) is 5.52 Å². The largest absolute Gasteiger partial charge is 0.278 e. The summed E-state index contributed by atoms with van der Waals surface area (Å²) >= 11 is 5.96. The summed E-state index contributed by atoms with van der Waals surface area (Å²) in [4.78, 5) is 3.00. The molecule has 0 aliphatic heterocycles. The van der Waals surface area contributed by atoms with E-state index in [1.54, 1.807) is 0 Å². The van der Waals surface area contributed by atoms with Gasteiger partial charge in [-0.05, 0) is 24.4 Å². The molecule has 0 radical (unpaired) electrons. The average molecular weight is 422 g/mol. The Morgan fingerprint density at radius 3 is 2.57 bits per heavy atom. The number of hydrogen-bond donors (Lipinski definition) is 1. The lowest BCUT2D eigenvalue weighted by Crippen LogP contribution is -2.24. The van der Waals surface area contributed by atoms with Gasteiger partial charge in [0.1, 0.15) is 10.4 Å². The normalized spacial score (nSPS) is 12.2. The van der Waals surface area contributed by atoms with E-state index in [-0.39, 0.29) is 5.02 Å². The highest BCUT2D eigenvalue weighted by Crippen LogP contribution is 2.29. The van der Waals surface area contributed by atoms with Crippen molar-refractivity contribution in [3.05, 3.63) is 70.9 Å². The Morgan fingerprint density at radius 2 is 1.82 bits per heavy atom. The second-order valence-electron chi connectivity index (χ2n) is 6.37. The van der Waals surface area contributed by atoms with Crippen LogP contribution >= 0.6 is 11.6 Å². The molecule has 0 unspecified atom stereocenters.